The minimum Gasteiger partial charge on any atom is -0.508 e. The number of phenolic OH excluding ortho intramolecular Hbond substituents is 1. The van der Waals surface area contributed by atoms with Gasteiger partial charge in [-0.25, -0.2) is 0 Å². The van der Waals surface area contributed by atoms with E-state index in [9.17, 15) is 5.11 Å². The summed E-state index contributed by atoms with van der Waals surface area (Å²) in [4.78, 5) is 2.21. The van der Waals surface area contributed by atoms with Crippen LogP contribution in [-0.4, -0.2) is 17.1 Å². The number of aromatic hydroxyl groups is 1. The standard InChI is InChI=1S/C18H23NO/c1-14(2)16-10-8-15(9-11-16)12-19(3)13-17-6-4-5-7-18(17)20/h4-11,14,20H,12-13H2,1-3H3. The molecule has 0 fully saturated rings. The van der Waals surface area contributed by atoms with Gasteiger partial charge in [-0.1, -0.05) is 56.3 Å². The molecule has 0 aliphatic rings. The van der Waals surface area contributed by atoms with Crippen LogP contribution in [0.1, 0.15) is 36.5 Å². The number of phenols is 1. The van der Waals surface area contributed by atoms with Crippen molar-refractivity contribution < 1.29 is 5.11 Å². The smallest absolute Gasteiger partial charge is 0.120 e. The van der Waals surface area contributed by atoms with Gasteiger partial charge in [0.25, 0.3) is 0 Å². The van der Waals surface area contributed by atoms with E-state index in [2.05, 4.69) is 50.1 Å². The van der Waals surface area contributed by atoms with Gasteiger partial charge in [0.2, 0.25) is 0 Å². The highest BCUT2D eigenvalue weighted by molar-refractivity contribution is 5.31. The van der Waals surface area contributed by atoms with E-state index in [1.165, 1.54) is 11.1 Å². The second-order valence-corrected chi connectivity index (χ2v) is 5.70. The van der Waals surface area contributed by atoms with Crippen molar-refractivity contribution >= 4 is 0 Å². The predicted molar refractivity (Wildman–Crippen MR) is 83.8 cm³/mol. The minimum absolute atomic E-state index is 0.370. The highest BCUT2D eigenvalue weighted by atomic mass is 16.3. The van der Waals surface area contributed by atoms with Crippen LogP contribution < -0.4 is 0 Å². The van der Waals surface area contributed by atoms with Gasteiger partial charge in [-0.05, 0) is 30.2 Å². The van der Waals surface area contributed by atoms with Gasteiger partial charge in [0.1, 0.15) is 5.75 Å². The molecule has 0 heterocycles. The highest BCUT2D eigenvalue weighted by Gasteiger charge is 2.06. The maximum Gasteiger partial charge on any atom is 0.120 e. The fraction of sp³-hybridized carbons (Fsp3) is 0.333. The topological polar surface area (TPSA) is 23.5 Å². The van der Waals surface area contributed by atoms with Crippen molar-refractivity contribution in [2.24, 2.45) is 0 Å². The molecule has 0 unspecified atom stereocenters. The lowest BCUT2D eigenvalue weighted by Crippen LogP contribution is -2.17. The second kappa shape index (κ2) is 6.58. The summed E-state index contributed by atoms with van der Waals surface area (Å²) in [6.07, 6.45) is 0. The fourth-order valence-corrected chi connectivity index (χ4v) is 2.31. The van der Waals surface area contributed by atoms with E-state index in [-0.39, 0.29) is 0 Å². The average molecular weight is 269 g/mol. The Labute approximate surface area is 121 Å². The number of hydrogen-bond acceptors (Lipinski definition) is 2. The van der Waals surface area contributed by atoms with Gasteiger partial charge < -0.3 is 5.11 Å². The summed E-state index contributed by atoms with van der Waals surface area (Å²) in [6.45, 7) is 6.05. The SMILES string of the molecule is CC(C)c1ccc(CN(C)Cc2ccccc2O)cc1. The van der Waals surface area contributed by atoms with Gasteiger partial charge in [-0.3, -0.25) is 4.90 Å². The van der Waals surface area contributed by atoms with E-state index >= 15 is 0 Å². The fourth-order valence-electron chi connectivity index (χ4n) is 2.31. The minimum atomic E-state index is 0.370. The lowest BCUT2D eigenvalue weighted by molar-refractivity contribution is 0.312. The molecule has 0 saturated carbocycles. The Morgan fingerprint density at radius 2 is 1.60 bits per heavy atom. The molecule has 0 bridgehead atoms. The van der Waals surface area contributed by atoms with Crippen LogP contribution in [0.25, 0.3) is 0 Å². The lowest BCUT2D eigenvalue weighted by Gasteiger charge is -2.18. The van der Waals surface area contributed by atoms with E-state index in [4.69, 9.17) is 0 Å². The van der Waals surface area contributed by atoms with Crippen molar-refractivity contribution in [2.45, 2.75) is 32.9 Å². The first kappa shape index (κ1) is 14.6. The summed E-state index contributed by atoms with van der Waals surface area (Å²) in [5.74, 6) is 0.942. The van der Waals surface area contributed by atoms with Crippen LogP contribution in [0, 0.1) is 0 Å². The Morgan fingerprint density at radius 1 is 0.950 bits per heavy atom. The Hall–Kier alpha value is -1.80. The number of para-hydroxylation sites is 1. The molecule has 2 aromatic rings. The molecule has 2 aromatic carbocycles. The van der Waals surface area contributed by atoms with E-state index < -0.39 is 0 Å². The quantitative estimate of drug-likeness (QED) is 0.881. The monoisotopic (exact) mass is 269 g/mol. The predicted octanol–water partition coefficient (Wildman–Crippen LogP) is 4.15. The Morgan fingerprint density at radius 3 is 2.20 bits per heavy atom. The third-order valence-corrected chi connectivity index (χ3v) is 3.53. The Balaban J connectivity index is 1.97. The third kappa shape index (κ3) is 3.84. The molecule has 2 rings (SSSR count). The number of rotatable bonds is 5. The van der Waals surface area contributed by atoms with Crippen LogP contribution in [0.5, 0.6) is 5.75 Å². The van der Waals surface area contributed by atoms with Gasteiger partial charge in [0.15, 0.2) is 0 Å². The first-order chi connectivity index (χ1) is 9.56. The summed E-state index contributed by atoms with van der Waals surface area (Å²) >= 11 is 0. The summed E-state index contributed by atoms with van der Waals surface area (Å²) in [6, 6.07) is 16.3. The molecule has 1 N–H and O–H groups in total. The van der Waals surface area contributed by atoms with Crippen LogP contribution in [0.3, 0.4) is 0 Å². The lowest BCUT2D eigenvalue weighted by atomic mass is 10.0. The van der Waals surface area contributed by atoms with Crippen LogP contribution in [-0.2, 0) is 13.1 Å². The Kier molecular flexibility index (Phi) is 4.80. The van der Waals surface area contributed by atoms with E-state index in [0.29, 0.717) is 11.7 Å². The van der Waals surface area contributed by atoms with Crippen LogP contribution in [0.4, 0.5) is 0 Å². The molecule has 0 atom stereocenters. The first-order valence-electron chi connectivity index (χ1n) is 7.10. The molecule has 0 spiro atoms. The van der Waals surface area contributed by atoms with Gasteiger partial charge in [-0.2, -0.15) is 0 Å². The molecular formula is C18H23NO. The zero-order valence-electron chi connectivity index (χ0n) is 12.5. The van der Waals surface area contributed by atoms with E-state index in [1.807, 2.05) is 18.2 Å². The molecule has 20 heavy (non-hydrogen) atoms. The molecule has 0 radical (unpaired) electrons. The summed E-state index contributed by atoms with van der Waals surface area (Å²) < 4.78 is 0. The van der Waals surface area contributed by atoms with Crippen molar-refractivity contribution in [2.75, 3.05) is 7.05 Å². The molecule has 2 heteroatoms. The molecule has 2 nitrogen and oxygen atoms in total. The van der Waals surface area contributed by atoms with Crippen molar-refractivity contribution in [3.05, 3.63) is 65.2 Å². The largest absolute Gasteiger partial charge is 0.508 e. The third-order valence-electron chi connectivity index (χ3n) is 3.53. The first-order valence-corrected chi connectivity index (χ1v) is 7.10. The van der Waals surface area contributed by atoms with Crippen molar-refractivity contribution in [3.63, 3.8) is 0 Å². The highest BCUT2D eigenvalue weighted by Crippen LogP contribution is 2.19. The van der Waals surface area contributed by atoms with Crippen LogP contribution >= 0.6 is 0 Å². The average Bonchev–Trinajstić information content (AvgIpc) is 2.42. The number of nitrogens with zero attached hydrogens (tertiary/aromatic N) is 1. The van der Waals surface area contributed by atoms with E-state index in [1.54, 1.807) is 6.07 Å². The number of hydrogen-bond donors (Lipinski definition) is 1. The summed E-state index contributed by atoms with van der Waals surface area (Å²) in [5.41, 5.74) is 3.64. The zero-order valence-corrected chi connectivity index (χ0v) is 12.5. The summed E-state index contributed by atoms with van der Waals surface area (Å²) in [7, 11) is 2.07. The Bertz CT molecular complexity index is 546. The molecular weight excluding hydrogens is 246 g/mol. The van der Waals surface area contributed by atoms with Gasteiger partial charge in [0.05, 0.1) is 0 Å². The number of benzene rings is 2. The molecule has 0 aliphatic heterocycles. The van der Waals surface area contributed by atoms with Crippen molar-refractivity contribution in [3.8, 4) is 5.75 Å². The maximum absolute atomic E-state index is 9.80. The maximum atomic E-state index is 9.80. The van der Waals surface area contributed by atoms with Gasteiger partial charge in [0, 0.05) is 18.7 Å². The zero-order chi connectivity index (χ0) is 14.5. The van der Waals surface area contributed by atoms with E-state index in [0.717, 1.165) is 18.7 Å². The molecule has 106 valence electrons. The van der Waals surface area contributed by atoms with Crippen LogP contribution in [0.2, 0.25) is 0 Å². The van der Waals surface area contributed by atoms with Crippen LogP contribution in [0.15, 0.2) is 48.5 Å². The normalized spacial score (nSPS) is 11.2. The van der Waals surface area contributed by atoms with Gasteiger partial charge in [-0.15, -0.1) is 0 Å². The molecule has 0 saturated heterocycles. The molecule has 0 aromatic heterocycles. The molecule has 0 aliphatic carbocycles. The van der Waals surface area contributed by atoms with Crippen molar-refractivity contribution in [1.29, 1.82) is 0 Å². The van der Waals surface area contributed by atoms with Crippen molar-refractivity contribution in [1.82, 2.24) is 4.90 Å². The molecule has 0 amide bonds. The van der Waals surface area contributed by atoms with Gasteiger partial charge >= 0.3 is 0 Å². The second-order valence-electron chi connectivity index (χ2n) is 5.70. The summed E-state index contributed by atoms with van der Waals surface area (Å²) in [5, 5.41) is 9.80.